The molecule has 6 heteroatoms. The number of rotatable bonds is 3. The molecule has 100 valence electrons. The summed E-state index contributed by atoms with van der Waals surface area (Å²) in [5.41, 5.74) is 6.92. The second kappa shape index (κ2) is 7.36. The maximum absolute atomic E-state index is 13.4. The van der Waals surface area contributed by atoms with Crippen LogP contribution in [0.5, 0.6) is 0 Å². The zero-order valence-corrected chi connectivity index (χ0v) is 11.6. The Balaban J connectivity index is 0.00000144. The normalized spacial score (nSPS) is 9.50. The standard InChI is InChI=1S/C12H14FN3.2ClH/c1-9-2-3-10(8-11(9)13)12-15-5-7-16(12)6-4-14;;/h2-3,5,7-8H,4,6,14H2,1H3;2*1H. The van der Waals surface area contributed by atoms with Crippen molar-refractivity contribution in [1.82, 2.24) is 9.55 Å². The van der Waals surface area contributed by atoms with Crippen LogP contribution in [0, 0.1) is 12.7 Å². The SMILES string of the molecule is Cc1ccc(-c2nccn2CCN)cc1F.Cl.Cl. The van der Waals surface area contributed by atoms with Crippen LogP contribution in [0.1, 0.15) is 5.56 Å². The van der Waals surface area contributed by atoms with Crippen LogP contribution in [-0.4, -0.2) is 16.1 Å². The van der Waals surface area contributed by atoms with E-state index in [9.17, 15) is 4.39 Å². The molecule has 0 aliphatic carbocycles. The highest BCUT2D eigenvalue weighted by molar-refractivity contribution is 5.85. The van der Waals surface area contributed by atoms with Gasteiger partial charge in [0, 0.05) is 31.0 Å². The number of nitrogens with two attached hydrogens (primary N) is 1. The molecule has 2 rings (SSSR count). The first-order valence-electron chi connectivity index (χ1n) is 5.20. The van der Waals surface area contributed by atoms with Crippen molar-refractivity contribution < 1.29 is 4.39 Å². The molecule has 0 fully saturated rings. The number of hydrogen-bond donors (Lipinski definition) is 1. The number of nitrogens with zero attached hydrogens (tertiary/aromatic N) is 2. The Bertz CT molecular complexity index is 500. The largest absolute Gasteiger partial charge is 0.330 e. The number of halogens is 3. The van der Waals surface area contributed by atoms with Gasteiger partial charge in [-0.2, -0.15) is 0 Å². The first-order chi connectivity index (χ1) is 7.72. The van der Waals surface area contributed by atoms with Crippen LogP contribution >= 0.6 is 24.8 Å². The van der Waals surface area contributed by atoms with Crippen molar-refractivity contribution in [3.63, 3.8) is 0 Å². The molecule has 0 aliphatic rings. The average molecular weight is 292 g/mol. The van der Waals surface area contributed by atoms with Crippen molar-refractivity contribution in [2.75, 3.05) is 6.54 Å². The topological polar surface area (TPSA) is 43.8 Å². The fourth-order valence-corrected chi connectivity index (χ4v) is 1.62. The summed E-state index contributed by atoms with van der Waals surface area (Å²) in [4.78, 5) is 4.22. The number of benzene rings is 1. The van der Waals surface area contributed by atoms with Gasteiger partial charge in [-0.25, -0.2) is 9.37 Å². The van der Waals surface area contributed by atoms with Gasteiger partial charge in [-0.1, -0.05) is 12.1 Å². The van der Waals surface area contributed by atoms with E-state index in [2.05, 4.69) is 4.98 Å². The average Bonchev–Trinajstić information content (AvgIpc) is 2.71. The summed E-state index contributed by atoms with van der Waals surface area (Å²) in [6.07, 6.45) is 3.54. The molecule has 0 amide bonds. The minimum Gasteiger partial charge on any atom is -0.330 e. The van der Waals surface area contributed by atoms with Crippen LogP contribution in [0.4, 0.5) is 4.39 Å². The fourth-order valence-electron chi connectivity index (χ4n) is 1.62. The Morgan fingerprint density at radius 1 is 1.33 bits per heavy atom. The quantitative estimate of drug-likeness (QED) is 0.945. The first kappa shape index (κ1) is 16.9. The van der Waals surface area contributed by atoms with E-state index in [0.717, 1.165) is 11.4 Å². The van der Waals surface area contributed by atoms with E-state index < -0.39 is 0 Å². The molecule has 0 atom stereocenters. The molecule has 0 unspecified atom stereocenters. The lowest BCUT2D eigenvalue weighted by Gasteiger charge is -2.07. The molecule has 18 heavy (non-hydrogen) atoms. The molecule has 2 N–H and O–H groups in total. The summed E-state index contributed by atoms with van der Waals surface area (Å²) < 4.78 is 15.3. The smallest absolute Gasteiger partial charge is 0.140 e. The molecule has 1 aromatic heterocycles. The van der Waals surface area contributed by atoms with E-state index >= 15 is 0 Å². The monoisotopic (exact) mass is 291 g/mol. The van der Waals surface area contributed by atoms with Gasteiger partial charge >= 0.3 is 0 Å². The highest BCUT2D eigenvalue weighted by atomic mass is 35.5. The van der Waals surface area contributed by atoms with E-state index in [-0.39, 0.29) is 30.6 Å². The molecule has 2 aromatic rings. The van der Waals surface area contributed by atoms with Gasteiger partial charge < -0.3 is 10.3 Å². The number of aryl methyl sites for hydroxylation is 1. The molecule has 1 aromatic carbocycles. The van der Waals surface area contributed by atoms with Crippen molar-refractivity contribution in [1.29, 1.82) is 0 Å². The Kier molecular flexibility index (Phi) is 6.91. The van der Waals surface area contributed by atoms with Gasteiger partial charge in [0.05, 0.1) is 0 Å². The molecule has 3 nitrogen and oxygen atoms in total. The van der Waals surface area contributed by atoms with Gasteiger partial charge in [-0.15, -0.1) is 24.8 Å². The summed E-state index contributed by atoms with van der Waals surface area (Å²) >= 11 is 0. The first-order valence-corrected chi connectivity index (χ1v) is 5.20. The van der Waals surface area contributed by atoms with Gasteiger partial charge in [0.2, 0.25) is 0 Å². The van der Waals surface area contributed by atoms with Crippen molar-refractivity contribution in [2.45, 2.75) is 13.5 Å². The molecule has 0 spiro atoms. The molecule has 0 aliphatic heterocycles. The van der Waals surface area contributed by atoms with E-state index in [4.69, 9.17) is 5.73 Å². The van der Waals surface area contributed by atoms with E-state index in [1.165, 1.54) is 6.07 Å². The van der Waals surface area contributed by atoms with Crippen molar-refractivity contribution in [3.8, 4) is 11.4 Å². The second-order valence-corrected chi connectivity index (χ2v) is 3.70. The zero-order valence-electron chi connectivity index (χ0n) is 9.97. The lowest BCUT2D eigenvalue weighted by molar-refractivity contribution is 0.618. The summed E-state index contributed by atoms with van der Waals surface area (Å²) in [5.74, 6) is 0.546. The fraction of sp³-hybridized carbons (Fsp3) is 0.250. The number of aromatic nitrogens is 2. The van der Waals surface area contributed by atoms with Crippen LogP contribution in [0.15, 0.2) is 30.6 Å². The van der Waals surface area contributed by atoms with Gasteiger partial charge in [-0.05, 0) is 18.6 Å². The summed E-state index contributed by atoms with van der Waals surface area (Å²) in [5, 5.41) is 0. The molecular formula is C12H16Cl2FN3. The molecule has 0 saturated carbocycles. The van der Waals surface area contributed by atoms with Crippen molar-refractivity contribution in [2.24, 2.45) is 5.73 Å². The van der Waals surface area contributed by atoms with Crippen LogP contribution < -0.4 is 5.73 Å². The third-order valence-corrected chi connectivity index (χ3v) is 2.52. The Morgan fingerprint density at radius 3 is 2.67 bits per heavy atom. The van der Waals surface area contributed by atoms with E-state index in [0.29, 0.717) is 18.7 Å². The molecule has 0 saturated heterocycles. The van der Waals surface area contributed by atoms with Crippen LogP contribution in [0.3, 0.4) is 0 Å². The molecule has 0 bridgehead atoms. The zero-order chi connectivity index (χ0) is 11.5. The summed E-state index contributed by atoms with van der Waals surface area (Å²) in [7, 11) is 0. The van der Waals surface area contributed by atoms with E-state index in [1.54, 1.807) is 19.2 Å². The predicted octanol–water partition coefficient (Wildman–Crippen LogP) is 2.80. The molecule has 1 heterocycles. The number of imidazole rings is 1. The van der Waals surface area contributed by atoms with Gasteiger partial charge in [-0.3, -0.25) is 0 Å². The molecule has 0 radical (unpaired) electrons. The Hall–Kier alpha value is -1.10. The third-order valence-electron chi connectivity index (χ3n) is 2.52. The van der Waals surface area contributed by atoms with E-state index in [1.807, 2.05) is 16.8 Å². The number of hydrogen-bond acceptors (Lipinski definition) is 2. The van der Waals surface area contributed by atoms with Crippen molar-refractivity contribution in [3.05, 3.63) is 42.0 Å². The lowest BCUT2D eigenvalue weighted by Crippen LogP contribution is -2.10. The Labute approximate surface area is 118 Å². The maximum Gasteiger partial charge on any atom is 0.140 e. The second-order valence-electron chi connectivity index (χ2n) is 3.70. The van der Waals surface area contributed by atoms with Gasteiger partial charge in [0.15, 0.2) is 0 Å². The van der Waals surface area contributed by atoms with Gasteiger partial charge in [0.25, 0.3) is 0 Å². The summed E-state index contributed by atoms with van der Waals surface area (Å²) in [6.45, 7) is 2.97. The highest BCUT2D eigenvalue weighted by Gasteiger charge is 2.07. The predicted molar refractivity (Wildman–Crippen MR) is 75.9 cm³/mol. The molecular weight excluding hydrogens is 276 g/mol. The third kappa shape index (κ3) is 3.45. The van der Waals surface area contributed by atoms with Crippen LogP contribution in [-0.2, 0) is 6.54 Å². The van der Waals surface area contributed by atoms with Gasteiger partial charge in [0.1, 0.15) is 11.6 Å². The minimum atomic E-state index is -0.209. The van der Waals surface area contributed by atoms with Crippen molar-refractivity contribution >= 4 is 24.8 Å². The highest BCUT2D eigenvalue weighted by Crippen LogP contribution is 2.20. The lowest BCUT2D eigenvalue weighted by atomic mass is 10.1. The Morgan fingerprint density at radius 2 is 2.06 bits per heavy atom. The maximum atomic E-state index is 13.4. The van der Waals surface area contributed by atoms with Crippen LogP contribution in [0.2, 0.25) is 0 Å². The minimum absolute atomic E-state index is 0. The summed E-state index contributed by atoms with van der Waals surface area (Å²) in [6, 6.07) is 5.13. The van der Waals surface area contributed by atoms with Crippen LogP contribution in [0.25, 0.3) is 11.4 Å².